The zero-order valence-corrected chi connectivity index (χ0v) is 23.4. The Balaban J connectivity index is 1.97. The maximum Gasteiger partial charge on any atom is 0.315 e. The van der Waals surface area contributed by atoms with Crippen LogP contribution in [-0.2, 0) is 0 Å². The maximum atomic E-state index is 13.7. The lowest BCUT2D eigenvalue weighted by molar-refractivity contribution is -0.385. The Morgan fingerprint density at radius 1 is 1.07 bits per heavy atom. The number of aryl methyl sites for hydroxylation is 1. The van der Waals surface area contributed by atoms with Crippen LogP contribution in [0.2, 0.25) is 0 Å². The highest BCUT2D eigenvalue weighted by Gasteiger charge is 2.22. The molecule has 0 aliphatic heterocycles. The van der Waals surface area contributed by atoms with Gasteiger partial charge in [-0.3, -0.25) is 14.9 Å². The Bertz CT molecular complexity index is 1660. The minimum absolute atomic E-state index is 0.0143. The number of methoxy groups -OCH3 is 1. The highest BCUT2D eigenvalue weighted by Crippen LogP contribution is 2.38. The van der Waals surface area contributed by atoms with Crippen molar-refractivity contribution >= 4 is 22.8 Å². The molecule has 4 rings (SSSR count). The van der Waals surface area contributed by atoms with E-state index in [2.05, 4.69) is 18.9 Å². The van der Waals surface area contributed by atoms with Gasteiger partial charge in [0, 0.05) is 17.2 Å². The van der Waals surface area contributed by atoms with E-state index in [1.165, 1.54) is 24.1 Å². The second kappa shape index (κ2) is 12.0. The van der Waals surface area contributed by atoms with Crippen molar-refractivity contribution in [3.63, 3.8) is 0 Å². The van der Waals surface area contributed by atoms with E-state index in [-0.39, 0.29) is 35.3 Å². The highest BCUT2D eigenvalue weighted by atomic mass is 16.6. The zero-order chi connectivity index (χ0) is 29.0. The van der Waals surface area contributed by atoms with E-state index in [1.807, 2.05) is 32.0 Å². The number of aromatic nitrogens is 2. The van der Waals surface area contributed by atoms with Crippen LogP contribution in [0.3, 0.4) is 0 Å². The molecule has 0 saturated carbocycles. The van der Waals surface area contributed by atoms with Gasteiger partial charge in [-0.2, -0.15) is 9.78 Å². The first-order chi connectivity index (χ1) is 19.2. The number of nitro groups is 1. The fraction of sp³-hybridized carbons (Fsp3) is 0.300. The van der Waals surface area contributed by atoms with E-state index < -0.39 is 4.92 Å². The second-order valence-corrected chi connectivity index (χ2v) is 9.37. The number of fused-ring (bicyclic) bond motifs is 1. The summed E-state index contributed by atoms with van der Waals surface area (Å²) in [6.07, 6.45) is 1.38. The third-order valence-corrected chi connectivity index (χ3v) is 6.35. The zero-order valence-electron chi connectivity index (χ0n) is 23.4. The van der Waals surface area contributed by atoms with Gasteiger partial charge in [0.15, 0.2) is 11.6 Å². The molecule has 0 saturated heterocycles. The number of nitro benzene ring substituents is 1. The molecule has 0 unspecified atom stereocenters. The molecule has 10 nitrogen and oxygen atoms in total. The lowest BCUT2D eigenvalue weighted by Crippen LogP contribution is -2.21. The molecular formula is C30H32N4O6. The number of benzene rings is 3. The quantitative estimate of drug-likeness (QED) is 0.135. The number of ether oxygens (including phenoxy) is 3. The van der Waals surface area contributed by atoms with Crippen molar-refractivity contribution in [1.82, 2.24) is 9.66 Å². The molecule has 0 N–H and O–H groups in total. The van der Waals surface area contributed by atoms with Crippen LogP contribution in [0, 0.1) is 17.0 Å². The SMILES string of the molecule is CCOc1cc(C)c(-c2nc3ccccc3c(=O)n2N=Cc2cc(OCC)c(OC)c([N+](=O)[O-])c2)cc1C(C)C. The largest absolute Gasteiger partial charge is 0.494 e. The first-order valence-electron chi connectivity index (χ1n) is 13.0. The summed E-state index contributed by atoms with van der Waals surface area (Å²) in [5.74, 6) is 1.50. The van der Waals surface area contributed by atoms with Crippen LogP contribution in [0.4, 0.5) is 5.69 Å². The van der Waals surface area contributed by atoms with Gasteiger partial charge in [0.05, 0.1) is 42.4 Å². The van der Waals surface area contributed by atoms with Gasteiger partial charge in [0.2, 0.25) is 5.75 Å². The van der Waals surface area contributed by atoms with E-state index in [0.29, 0.717) is 28.9 Å². The maximum absolute atomic E-state index is 13.7. The summed E-state index contributed by atoms with van der Waals surface area (Å²) in [4.78, 5) is 29.8. The smallest absolute Gasteiger partial charge is 0.315 e. The van der Waals surface area contributed by atoms with Crippen LogP contribution in [0.5, 0.6) is 17.2 Å². The number of rotatable bonds is 10. The predicted octanol–water partition coefficient (Wildman–Crippen LogP) is 6.09. The number of hydrogen-bond acceptors (Lipinski definition) is 8. The number of para-hydroxylation sites is 1. The monoisotopic (exact) mass is 544 g/mol. The van der Waals surface area contributed by atoms with Crippen molar-refractivity contribution in [1.29, 1.82) is 0 Å². The molecule has 208 valence electrons. The van der Waals surface area contributed by atoms with Gasteiger partial charge in [0.1, 0.15) is 5.75 Å². The normalized spacial score (nSPS) is 11.4. The molecule has 0 aliphatic rings. The van der Waals surface area contributed by atoms with Crippen molar-refractivity contribution in [3.8, 4) is 28.6 Å². The fourth-order valence-electron chi connectivity index (χ4n) is 4.49. The van der Waals surface area contributed by atoms with Gasteiger partial charge >= 0.3 is 5.69 Å². The minimum atomic E-state index is -0.551. The Kier molecular flexibility index (Phi) is 8.47. The lowest BCUT2D eigenvalue weighted by Gasteiger charge is -2.18. The van der Waals surface area contributed by atoms with E-state index in [0.717, 1.165) is 22.4 Å². The summed E-state index contributed by atoms with van der Waals surface area (Å²) in [6.45, 7) is 10.6. The van der Waals surface area contributed by atoms with Crippen molar-refractivity contribution in [2.75, 3.05) is 20.3 Å². The van der Waals surface area contributed by atoms with Crippen LogP contribution in [0.25, 0.3) is 22.3 Å². The van der Waals surface area contributed by atoms with Gasteiger partial charge in [-0.15, -0.1) is 0 Å². The van der Waals surface area contributed by atoms with Gasteiger partial charge in [-0.25, -0.2) is 4.98 Å². The Morgan fingerprint density at radius 2 is 1.77 bits per heavy atom. The van der Waals surface area contributed by atoms with Crippen LogP contribution in [0.15, 0.2) is 58.4 Å². The molecule has 4 aromatic rings. The Morgan fingerprint density at radius 3 is 2.42 bits per heavy atom. The molecule has 1 heterocycles. The molecule has 3 aromatic carbocycles. The van der Waals surface area contributed by atoms with Gasteiger partial charge in [0.25, 0.3) is 5.56 Å². The van der Waals surface area contributed by atoms with Crippen molar-refractivity contribution in [3.05, 3.63) is 85.7 Å². The van der Waals surface area contributed by atoms with Crippen LogP contribution >= 0.6 is 0 Å². The van der Waals surface area contributed by atoms with Gasteiger partial charge in [-0.05, 0) is 68.1 Å². The summed E-state index contributed by atoms with van der Waals surface area (Å²) >= 11 is 0. The van der Waals surface area contributed by atoms with E-state index in [9.17, 15) is 14.9 Å². The molecule has 40 heavy (non-hydrogen) atoms. The molecule has 0 fully saturated rings. The summed E-state index contributed by atoms with van der Waals surface area (Å²) < 4.78 is 17.9. The molecule has 10 heteroatoms. The average Bonchev–Trinajstić information content (AvgIpc) is 2.92. The van der Waals surface area contributed by atoms with Crippen LogP contribution in [0.1, 0.15) is 50.3 Å². The van der Waals surface area contributed by atoms with Crippen molar-refractivity contribution in [2.24, 2.45) is 5.10 Å². The van der Waals surface area contributed by atoms with Crippen molar-refractivity contribution < 1.29 is 19.1 Å². The summed E-state index contributed by atoms with van der Waals surface area (Å²) in [7, 11) is 1.34. The van der Waals surface area contributed by atoms with E-state index in [1.54, 1.807) is 31.2 Å². The lowest BCUT2D eigenvalue weighted by atomic mass is 9.96. The molecule has 0 radical (unpaired) electrons. The number of nitrogens with zero attached hydrogens (tertiary/aromatic N) is 4. The summed E-state index contributed by atoms with van der Waals surface area (Å²) in [5.41, 5.74) is 2.81. The standard InChI is InChI=1S/C30H32N4O6/c1-7-39-26-13-19(5)23(16-22(26)18(3)4)29-32-24-12-10-9-11-21(24)30(35)33(29)31-17-20-14-25(34(36)37)28(38-6)27(15-20)40-8-2/h9-18H,7-8H2,1-6H3. The predicted molar refractivity (Wildman–Crippen MR) is 155 cm³/mol. The molecule has 0 aliphatic carbocycles. The second-order valence-electron chi connectivity index (χ2n) is 9.37. The topological polar surface area (TPSA) is 118 Å². The Hall–Kier alpha value is -4.73. The molecule has 1 aromatic heterocycles. The fourth-order valence-corrected chi connectivity index (χ4v) is 4.49. The first kappa shape index (κ1) is 28.3. The minimum Gasteiger partial charge on any atom is -0.494 e. The molecule has 0 amide bonds. The van der Waals surface area contributed by atoms with Crippen LogP contribution < -0.4 is 19.8 Å². The van der Waals surface area contributed by atoms with Crippen molar-refractivity contribution in [2.45, 2.75) is 40.5 Å². The highest BCUT2D eigenvalue weighted by molar-refractivity contribution is 5.84. The molecule has 0 spiro atoms. The molecular weight excluding hydrogens is 512 g/mol. The summed E-state index contributed by atoms with van der Waals surface area (Å²) in [6, 6.07) is 13.9. The number of hydrogen-bond donors (Lipinski definition) is 0. The van der Waals surface area contributed by atoms with Crippen LogP contribution in [-0.4, -0.2) is 41.1 Å². The van der Waals surface area contributed by atoms with Gasteiger partial charge in [-0.1, -0.05) is 26.0 Å². The third-order valence-electron chi connectivity index (χ3n) is 6.35. The third kappa shape index (κ3) is 5.51. The first-order valence-corrected chi connectivity index (χ1v) is 13.0. The summed E-state index contributed by atoms with van der Waals surface area (Å²) in [5, 5.41) is 16.6. The Labute approximate surface area is 232 Å². The molecule has 0 bridgehead atoms. The molecule has 0 atom stereocenters. The van der Waals surface area contributed by atoms with E-state index in [4.69, 9.17) is 19.2 Å². The van der Waals surface area contributed by atoms with E-state index >= 15 is 0 Å². The average molecular weight is 545 g/mol. The van der Waals surface area contributed by atoms with Gasteiger partial charge < -0.3 is 14.2 Å².